The molecule has 172 valence electrons. The molecule has 1 amide bonds. The zero-order valence-corrected chi connectivity index (χ0v) is 20.2. The zero-order chi connectivity index (χ0) is 22.1. The summed E-state index contributed by atoms with van der Waals surface area (Å²) in [5, 5.41) is 0. The van der Waals surface area contributed by atoms with E-state index in [0.29, 0.717) is 0 Å². The minimum Gasteiger partial charge on any atom is -0.342 e. The van der Waals surface area contributed by atoms with E-state index in [1.165, 1.54) is 94.3 Å². The van der Waals surface area contributed by atoms with Gasteiger partial charge in [0.25, 0.3) is 0 Å². The fraction of sp³-hybridized carbons (Fsp3) is 0.690. The highest BCUT2D eigenvalue weighted by Crippen LogP contribution is 2.44. The Balaban J connectivity index is 1.39. The predicted molar refractivity (Wildman–Crippen MR) is 132 cm³/mol. The lowest BCUT2D eigenvalue weighted by Crippen LogP contribution is -2.26. The molecule has 1 aromatic rings. The Kier molecular flexibility index (Phi) is 9.68. The normalized spacial score (nSPS) is 26.4. The molecule has 1 aromatic carbocycles. The van der Waals surface area contributed by atoms with Crippen LogP contribution < -0.4 is 0 Å². The van der Waals surface area contributed by atoms with Gasteiger partial charge in [0, 0.05) is 13.6 Å². The van der Waals surface area contributed by atoms with Crippen molar-refractivity contribution < 1.29 is 4.79 Å². The van der Waals surface area contributed by atoms with Crippen LogP contribution in [0.15, 0.2) is 36.9 Å². The van der Waals surface area contributed by atoms with Crippen molar-refractivity contribution >= 4 is 5.91 Å². The number of rotatable bonds is 10. The first-order valence-corrected chi connectivity index (χ1v) is 13.1. The Labute approximate surface area is 191 Å². The topological polar surface area (TPSA) is 20.3 Å². The molecule has 2 fully saturated rings. The lowest BCUT2D eigenvalue weighted by atomic mass is 9.68. The molecule has 0 atom stereocenters. The van der Waals surface area contributed by atoms with Gasteiger partial charge in [0.1, 0.15) is 0 Å². The lowest BCUT2D eigenvalue weighted by molar-refractivity contribution is -0.124. The van der Waals surface area contributed by atoms with Crippen molar-refractivity contribution in [1.29, 1.82) is 0 Å². The molecule has 0 spiro atoms. The van der Waals surface area contributed by atoms with Gasteiger partial charge in [0.15, 0.2) is 0 Å². The fourth-order valence-corrected chi connectivity index (χ4v) is 6.07. The number of amides is 1. The van der Waals surface area contributed by atoms with Gasteiger partial charge in [-0.2, -0.15) is 0 Å². The van der Waals surface area contributed by atoms with Gasteiger partial charge in [-0.05, 0) is 85.8 Å². The summed E-state index contributed by atoms with van der Waals surface area (Å²) in [6.07, 6.45) is 19.7. The smallest absolute Gasteiger partial charge is 0.245 e. The van der Waals surface area contributed by atoms with E-state index in [9.17, 15) is 4.79 Å². The first kappa shape index (κ1) is 24.1. The van der Waals surface area contributed by atoms with Crippen LogP contribution in [0, 0.1) is 17.8 Å². The van der Waals surface area contributed by atoms with Crippen molar-refractivity contribution in [2.24, 2.45) is 17.8 Å². The SMILES string of the molecule is C=CC(=O)N(C)CCc1ccc(C2CCC(C3CCC(CCCCC)CC3)CC2)cc1. The molecule has 2 aliphatic rings. The van der Waals surface area contributed by atoms with Crippen molar-refractivity contribution in [3.63, 3.8) is 0 Å². The average Bonchev–Trinajstić information content (AvgIpc) is 2.83. The molecule has 0 heterocycles. The van der Waals surface area contributed by atoms with Crippen LogP contribution >= 0.6 is 0 Å². The lowest BCUT2D eigenvalue weighted by Gasteiger charge is -2.38. The van der Waals surface area contributed by atoms with Crippen molar-refractivity contribution in [3.05, 3.63) is 48.0 Å². The van der Waals surface area contributed by atoms with E-state index >= 15 is 0 Å². The Morgan fingerprint density at radius 1 is 0.968 bits per heavy atom. The first-order chi connectivity index (χ1) is 15.1. The summed E-state index contributed by atoms with van der Waals surface area (Å²) in [6.45, 7) is 6.62. The largest absolute Gasteiger partial charge is 0.342 e. The standard InChI is InChI=1S/C29H45NO/c1-4-6-7-8-23-9-13-25(14-10-23)27-17-19-28(20-18-27)26-15-11-24(12-16-26)21-22-30(3)29(31)5-2/h5,11-12,15-16,23,25,27-28H,2,4,6-10,13-14,17-22H2,1,3H3. The van der Waals surface area contributed by atoms with Gasteiger partial charge in [-0.1, -0.05) is 76.3 Å². The third-order valence-electron chi connectivity index (χ3n) is 8.28. The zero-order valence-electron chi connectivity index (χ0n) is 20.2. The fourth-order valence-electron chi connectivity index (χ4n) is 6.07. The second-order valence-electron chi connectivity index (χ2n) is 10.3. The summed E-state index contributed by atoms with van der Waals surface area (Å²) in [5.41, 5.74) is 2.84. The number of benzene rings is 1. The van der Waals surface area contributed by atoms with Crippen LogP contribution in [0.1, 0.15) is 101 Å². The maximum absolute atomic E-state index is 11.6. The molecule has 0 unspecified atom stereocenters. The number of unbranched alkanes of at least 4 members (excludes halogenated alkanes) is 2. The van der Waals surface area contributed by atoms with Gasteiger partial charge in [0.2, 0.25) is 5.91 Å². The molecule has 2 heteroatoms. The van der Waals surface area contributed by atoms with E-state index in [4.69, 9.17) is 0 Å². The van der Waals surface area contributed by atoms with Crippen LogP contribution in [0.25, 0.3) is 0 Å². The molecule has 3 rings (SSSR count). The molecule has 2 nitrogen and oxygen atoms in total. The van der Waals surface area contributed by atoms with Crippen molar-refractivity contribution in [1.82, 2.24) is 4.90 Å². The average molecular weight is 424 g/mol. The van der Waals surface area contributed by atoms with E-state index in [0.717, 1.165) is 36.6 Å². The Morgan fingerprint density at radius 2 is 1.58 bits per heavy atom. The van der Waals surface area contributed by atoms with Crippen LogP contribution in [0.4, 0.5) is 0 Å². The minimum absolute atomic E-state index is 0.00152. The maximum Gasteiger partial charge on any atom is 0.245 e. The molecule has 2 saturated carbocycles. The number of hydrogen-bond donors (Lipinski definition) is 0. The molecule has 0 aliphatic heterocycles. The van der Waals surface area contributed by atoms with Crippen molar-refractivity contribution in [2.75, 3.05) is 13.6 Å². The Morgan fingerprint density at radius 3 is 2.16 bits per heavy atom. The quantitative estimate of drug-likeness (QED) is 0.281. The summed E-state index contributed by atoms with van der Waals surface area (Å²) in [6, 6.07) is 9.23. The van der Waals surface area contributed by atoms with Crippen molar-refractivity contribution in [2.45, 2.75) is 96.3 Å². The van der Waals surface area contributed by atoms with Crippen molar-refractivity contribution in [3.8, 4) is 0 Å². The third kappa shape index (κ3) is 7.22. The summed E-state index contributed by atoms with van der Waals surface area (Å²) < 4.78 is 0. The summed E-state index contributed by atoms with van der Waals surface area (Å²) in [7, 11) is 1.84. The molecule has 0 saturated heterocycles. The highest BCUT2D eigenvalue weighted by atomic mass is 16.2. The molecule has 0 N–H and O–H groups in total. The van der Waals surface area contributed by atoms with E-state index in [2.05, 4.69) is 37.8 Å². The Bertz CT molecular complexity index is 662. The molecule has 0 bridgehead atoms. The van der Waals surface area contributed by atoms with Crippen LogP contribution in [-0.4, -0.2) is 24.4 Å². The summed E-state index contributed by atoms with van der Waals surface area (Å²) in [5.74, 6) is 3.79. The molecule has 2 aliphatic carbocycles. The van der Waals surface area contributed by atoms with Gasteiger partial charge < -0.3 is 4.90 Å². The predicted octanol–water partition coefficient (Wildman–Crippen LogP) is 7.53. The maximum atomic E-state index is 11.6. The van der Waals surface area contributed by atoms with Crippen LogP contribution in [0.3, 0.4) is 0 Å². The number of nitrogens with zero attached hydrogens (tertiary/aromatic N) is 1. The van der Waals surface area contributed by atoms with Gasteiger partial charge in [-0.15, -0.1) is 0 Å². The van der Waals surface area contributed by atoms with E-state index in [1.807, 2.05) is 7.05 Å². The van der Waals surface area contributed by atoms with Crippen LogP contribution in [-0.2, 0) is 11.2 Å². The summed E-state index contributed by atoms with van der Waals surface area (Å²) >= 11 is 0. The number of likely N-dealkylation sites (N-methyl/N-ethyl adjacent to an activating group) is 1. The van der Waals surface area contributed by atoms with Gasteiger partial charge in [-0.3, -0.25) is 4.79 Å². The third-order valence-corrected chi connectivity index (χ3v) is 8.28. The second kappa shape index (κ2) is 12.5. The first-order valence-electron chi connectivity index (χ1n) is 13.1. The number of carbonyl (C=O) groups is 1. The molecule has 31 heavy (non-hydrogen) atoms. The highest BCUT2D eigenvalue weighted by molar-refractivity contribution is 5.86. The van der Waals surface area contributed by atoms with E-state index in [1.54, 1.807) is 4.90 Å². The molecule has 0 radical (unpaired) electrons. The van der Waals surface area contributed by atoms with Gasteiger partial charge in [-0.25, -0.2) is 0 Å². The van der Waals surface area contributed by atoms with Crippen LogP contribution in [0.5, 0.6) is 0 Å². The highest BCUT2D eigenvalue weighted by Gasteiger charge is 2.31. The molecular formula is C29H45NO. The van der Waals surface area contributed by atoms with Crippen LogP contribution in [0.2, 0.25) is 0 Å². The second-order valence-corrected chi connectivity index (χ2v) is 10.3. The van der Waals surface area contributed by atoms with E-state index < -0.39 is 0 Å². The number of hydrogen-bond acceptors (Lipinski definition) is 1. The Hall–Kier alpha value is -1.57. The monoisotopic (exact) mass is 423 g/mol. The minimum atomic E-state index is -0.00152. The van der Waals surface area contributed by atoms with Gasteiger partial charge in [0.05, 0.1) is 0 Å². The molecular weight excluding hydrogens is 378 g/mol. The van der Waals surface area contributed by atoms with E-state index in [-0.39, 0.29) is 5.91 Å². The molecule has 0 aromatic heterocycles. The van der Waals surface area contributed by atoms with Gasteiger partial charge >= 0.3 is 0 Å². The number of carbonyl (C=O) groups excluding carboxylic acids is 1. The summed E-state index contributed by atoms with van der Waals surface area (Å²) in [4.78, 5) is 13.3.